The molecule has 0 radical (unpaired) electrons. The van der Waals surface area contributed by atoms with E-state index < -0.39 is 5.97 Å². The average Bonchev–Trinajstić information content (AvgIpc) is 2.37. The fourth-order valence-corrected chi connectivity index (χ4v) is 2.96. The molecule has 1 aromatic rings. The van der Waals surface area contributed by atoms with Gasteiger partial charge in [0, 0.05) is 17.6 Å². The third kappa shape index (κ3) is 3.97. The van der Waals surface area contributed by atoms with E-state index in [2.05, 4.69) is 35.1 Å². The van der Waals surface area contributed by atoms with E-state index in [-0.39, 0.29) is 17.0 Å². The number of piperidine rings is 1. The van der Waals surface area contributed by atoms with E-state index in [0.717, 1.165) is 17.3 Å². The minimum Gasteiger partial charge on any atom is -0.478 e. The van der Waals surface area contributed by atoms with Crippen LogP contribution in [0.2, 0.25) is 0 Å². The van der Waals surface area contributed by atoms with E-state index in [1.807, 2.05) is 0 Å². The van der Waals surface area contributed by atoms with Crippen molar-refractivity contribution in [2.24, 2.45) is 5.41 Å². The fourth-order valence-electron chi connectivity index (χ4n) is 2.60. The van der Waals surface area contributed by atoms with Crippen LogP contribution in [0.5, 0.6) is 0 Å². The number of nitrogens with one attached hydrogen (secondary N) is 1. The predicted molar refractivity (Wildman–Crippen MR) is 84.7 cm³/mol. The number of urea groups is 1. The monoisotopic (exact) mass is 354 g/mol. The molecule has 1 aromatic carbocycles. The summed E-state index contributed by atoms with van der Waals surface area (Å²) in [4.78, 5) is 25.3. The number of carbonyl (C=O) groups excluding carboxylic acids is 1. The van der Waals surface area contributed by atoms with E-state index in [1.54, 1.807) is 17.0 Å². The van der Waals surface area contributed by atoms with Crippen molar-refractivity contribution >= 4 is 33.6 Å². The Bertz CT molecular complexity index is 572. The van der Waals surface area contributed by atoms with E-state index in [4.69, 9.17) is 0 Å². The van der Waals surface area contributed by atoms with Gasteiger partial charge in [0.15, 0.2) is 0 Å². The summed E-state index contributed by atoms with van der Waals surface area (Å²) >= 11 is 3.29. The van der Waals surface area contributed by atoms with Crippen LogP contribution >= 0.6 is 15.9 Å². The molecule has 6 heteroatoms. The second-order valence-corrected chi connectivity index (χ2v) is 7.03. The maximum Gasteiger partial charge on any atom is 0.337 e. The number of carboxylic acids is 1. The lowest BCUT2D eigenvalue weighted by Crippen LogP contribution is -2.45. The topological polar surface area (TPSA) is 69.6 Å². The van der Waals surface area contributed by atoms with Crippen molar-refractivity contribution in [2.45, 2.75) is 26.7 Å². The third-order valence-electron chi connectivity index (χ3n) is 3.64. The van der Waals surface area contributed by atoms with Crippen molar-refractivity contribution in [3.8, 4) is 0 Å². The Morgan fingerprint density at radius 1 is 1.38 bits per heavy atom. The number of likely N-dealkylation sites (tertiary alicyclic amines) is 1. The lowest BCUT2D eigenvalue weighted by atomic mass is 9.84. The normalized spacial score (nSPS) is 17.4. The Morgan fingerprint density at radius 2 is 2.10 bits per heavy atom. The minimum atomic E-state index is -1.06. The average molecular weight is 355 g/mol. The van der Waals surface area contributed by atoms with Crippen molar-refractivity contribution < 1.29 is 14.7 Å². The lowest BCUT2D eigenvalue weighted by Gasteiger charge is -2.38. The first-order valence-electron chi connectivity index (χ1n) is 6.87. The summed E-state index contributed by atoms with van der Waals surface area (Å²) in [5.74, 6) is -1.06. The number of carboxylic acid groups (broad SMARTS) is 1. The zero-order valence-corrected chi connectivity index (χ0v) is 13.7. The van der Waals surface area contributed by atoms with Gasteiger partial charge in [-0.1, -0.05) is 29.8 Å². The second-order valence-electron chi connectivity index (χ2n) is 6.11. The highest BCUT2D eigenvalue weighted by molar-refractivity contribution is 9.10. The summed E-state index contributed by atoms with van der Waals surface area (Å²) in [6.45, 7) is 5.64. The van der Waals surface area contributed by atoms with Crippen LogP contribution in [0.15, 0.2) is 22.7 Å². The van der Waals surface area contributed by atoms with Crippen molar-refractivity contribution in [1.82, 2.24) is 4.90 Å². The highest BCUT2D eigenvalue weighted by atomic mass is 79.9. The van der Waals surface area contributed by atoms with Crippen LogP contribution in [0, 0.1) is 5.41 Å². The molecule has 2 amide bonds. The van der Waals surface area contributed by atoms with Crippen LogP contribution in [0.25, 0.3) is 0 Å². The highest BCUT2D eigenvalue weighted by Crippen LogP contribution is 2.29. The molecule has 1 aliphatic rings. The minimum absolute atomic E-state index is 0.0859. The van der Waals surface area contributed by atoms with Crippen LogP contribution in [0.4, 0.5) is 10.5 Å². The smallest absolute Gasteiger partial charge is 0.337 e. The van der Waals surface area contributed by atoms with E-state index in [0.29, 0.717) is 18.8 Å². The molecule has 0 bridgehead atoms. The largest absolute Gasteiger partial charge is 0.478 e. The molecule has 2 N–H and O–H groups in total. The van der Waals surface area contributed by atoms with Gasteiger partial charge in [-0.15, -0.1) is 0 Å². The molecule has 5 nitrogen and oxygen atoms in total. The maximum absolute atomic E-state index is 12.3. The number of hydrogen-bond acceptors (Lipinski definition) is 2. The molecule has 0 aromatic heterocycles. The molecular weight excluding hydrogens is 336 g/mol. The van der Waals surface area contributed by atoms with Crippen molar-refractivity contribution in [1.29, 1.82) is 0 Å². The summed E-state index contributed by atoms with van der Waals surface area (Å²) in [5, 5.41) is 11.9. The highest BCUT2D eigenvalue weighted by Gasteiger charge is 2.29. The zero-order chi connectivity index (χ0) is 15.6. The SMILES string of the molecule is CC1(C)CCCN(C(=O)Nc2cc(Br)ccc2C(=O)O)C1. The van der Waals surface area contributed by atoms with E-state index in [9.17, 15) is 14.7 Å². The van der Waals surface area contributed by atoms with Gasteiger partial charge >= 0.3 is 12.0 Å². The van der Waals surface area contributed by atoms with Crippen LogP contribution in [0.3, 0.4) is 0 Å². The first-order chi connectivity index (χ1) is 9.78. The number of nitrogens with zero attached hydrogens (tertiary/aromatic N) is 1. The molecule has 1 aliphatic heterocycles. The molecule has 0 atom stereocenters. The number of rotatable bonds is 2. The van der Waals surface area contributed by atoms with Gasteiger partial charge < -0.3 is 15.3 Å². The summed E-state index contributed by atoms with van der Waals surface area (Å²) in [7, 11) is 0. The molecule has 0 spiro atoms. The van der Waals surface area contributed by atoms with Gasteiger partial charge in [-0.3, -0.25) is 0 Å². The number of hydrogen-bond donors (Lipinski definition) is 2. The first-order valence-corrected chi connectivity index (χ1v) is 7.67. The summed E-state index contributed by atoms with van der Waals surface area (Å²) in [5.41, 5.74) is 0.496. The van der Waals surface area contributed by atoms with Crippen molar-refractivity contribution in [2.75, 3.05) is 18.4 Å². The molecule has 114 valence electrons. The number of anilines is 1. The Labute approximate surface area is 132 Å². The molecule has 1 fully saturated rings. The molecule has 2 rings (SSSR count). The van der Waals surface area contributed by atoms with Gasteiger partial charge in [0.05, 0.1) is 11.3 Å². The molecule has 1 saturated heterocycles. The van der Waals surface area contributed by atoms with E-state index in [1.165, 1.54) is 6.07 Å². The predicted octanol–water partition coefficient (Wildman–Crippen LogP) is 3.80. The number of benzene rings is 1. The summed E-state index contributed by atoms with van der Waals surface area (Å²) < 4.78 is 0.724. The second kappa shape index (κ2) is 6.05. The molecule has 0 unspecified atom stereocenters. The Hall–Kier alpha value is -1.56. The molecule has 1 heterocycles. The quantitative estimate of drug-likeness (QED) is 0.848. The van der Waals surface area contributed by atoms with Gasteiger partial charge in [0.2, 0.25) is 0 Å². The van der Waals surface area contributed by atoms with Crippen LogP contribution in [0.1, 0.15) is 37.0 Å². The number of halogens is 1. The molecular formula is C15H19BrN2O3. The van der Waals surface area contributed by atoms with Crippen molar-refractivity contribution in [3.05, 3.63) is 28.2 Å². The number of amides is 2. The summed E-state index contributed by atoms with van der Waals surface area (Å²) in [6, 6.07) is 4.48. The maximum atomic E-state index is 12.3. The van der Waals surface area contributed by atoms with Crippen molar-refractivity contribution in [3.63, 3.8) is 0 Å². The van der Waals surface area contributed by atoms with Crippen LogP contribution in [-0.2, 0) is 0 Å². The standard InChI is InChI=1S/C15H19BrN2O3/c1-15(2)6-3-7-18(9-15)14(21)17-12-8-10(16)4-5-11(12)13(19)20/h4-5,8H,3,6-7,9H2,1-2H3,(H,17,21)(H,19,20). The van der Waals surface area contributed by atoms with Gasteiger partial charge in [-0.05, 0) is 36.5 Å². The zero-order valence-electron chi connectivity index (χ0n) is 12.1. The van der Waals surface area contributed by atoms with Gasteiger partial charge in [-0.2, -0.15) is 0 Å². The number of aromatic carboxylic acids is 1. The third-order valence-corrected chi connectivity index (χ3v) is 4.13. The Kier molecular flexibility index (Phi) is 4.56. The van der Waals surface area contributed by atoms with Crippen LogP contribution in [-0.4, -0.2) is 35.1 Å². The van der Waals surface area contributed by atoms with Gasteiger partial charge in [0.1, 0.15) is 0 Å². The van der Waals surface area contributed by atoms with Crippen LogP contribution < -0.4 is 5.32 Å². The molecule has 0 aliphatic carbocycles. The first kappa shape index (κ1) is 15.8. The fraction of sp³-hybridized carbons (Fsp3) is 0.467. The summed E-state index contributed by atoms with van der Waals surface area (Å²) in [6.07, 6.45) is 2.05. The molecule has 0 saturated carbocycles. The lowest BCUT2D eigenvalue weighted by molar-refractivity contribution is 0.0698. The van der Waals surface area contributed by atoms with Gasteiger partial charge in [-0.25, -0.2) is 9.59 Å². The Morgan fingerprint density at radius 3 is 2.71 bits per heavy atom. The molecule has 21 heavy (non-hydrogen) atoms. The number of carbonyl (C=O) groups is 2. The van der Waals surface area contributed by atoms with Gasteiger partial charge in [0.25, 0.3) is 0 Å². The Balaban J connectivity index is 2.16. The van der Waals surface area contributed by atoms with E-state index >= 15 is 0 Å².